The average molecular weight is 295 g/mol. The van der Waals surface area contributed by atoms with Crippen LogP contribution in [0.1, 0.15) is 5.69 Å². The normalized spacial score (nSPS) is 11.6. The molecule has 2 heterocycles. The zero-order valence-electron chi connectivity index (χ0n) is 10.9. The van der Waals surface area contributed by atoms with Gasteiger partial charge in [0, 0.05) is 31.1 Å². The van der Waals surface area contributed by atoms with Crippen LogP contribution in [-0.4, -0.2) is 35.5 Å². The van der Waals surface area contributed by atoms with Crippen LogP contribution in [0, 0.1) is 0 Å². The second kappa shape index (κ2) is 6.49. The molecular formula is C12H17N5O2S. The summed E-state index contributed by atoms with van der Waals surface area (Å²) < 4.78 is 27.7. The van der Waals surface area contributed by atoms with Crippen LogP contribution in [-0.2, 0) is 23.0 Å². The average Bonchev–Trinajstić information content (AvgIpc) is 2.83. The van der Waals surface area contributed by atoms with E-state index in [1.165, 1.54) is 6.20 Å². The van der Waals surface area contributed by atoms with Crippen molar-refractivity contribution in [1.29, 1.82) is 0 Å². The Morgan fingerprint density at radius 3 is 2.85 bits per heavy atom. The van der Waals surface area contributed by atoms with E-state index in [2.05, 4.69) is 14.8 Å². The minimum absolute atomic E-state index is 0.0191. The van der Waals surface area contributed by atoms with Gasteiger partial charge in [-0.3, -0.25) is 9.67 Å². The van der Waals surface area contributed by atoms with Crippen molar-refractivity contribution in [3.8, 4) is 0 Å². The van der Waals surface area contributed by atoms with Crippen molar-refractivity contribution >= 4 is 15.7 Å². The SMILES string of the molecule is Nc1cnn(CCNS(=O)(=O)CCc2ccccn2)c1. The van der Waals surface area contributed by atoms with Gasteiger partial charge >= 0.3 is 0 Å². The summed E-state index contributed by atoms with van der Waals surface area (Å²) >= 11 is 0. The van der Waals surface area contributed by atoms with Crippen LogP contribution in [0.5, 0.6) is 0 Å². The van der Waals surface area contributed by atoms with Crippen molar-refractivity contribution in [3.63, 3.8) is 0 Å². The predicted molar refractivity (Wildman–Crippen MR) is 76.4 cm³/mol. The van der Waals surface area contributed by atoms with E-state index in [0.29, 0.717) is 18.7 Å². The molecule has 0 bridgehead atoms. The smallest absolute Gasteiger partial charge is 0.212 e. The first-order valence-electron chi connectivity index (χ1n) is 6.20. The molecule has 0 aliphatic heterocycles. The summed E-state index contributed by atoms with van der Waals surface area (Å²) in [5.74, 6) is 0.0191. The number of nitrogens with zero attached hydrogens (tertiary/aromatic N) is 3. The van der Waals surface area contributed by atoms with Gasteiger partial charge < -0.3 is 5.73 Å². The Bertz CT molecular complexity index is 639. The van der Waals surface area contributed by atoms with Gasteiger partial charge in [-0.1, -0.05) is 6.07 Å². The van der Waals surface area contributed by atoms with Crippen molar-refractivity contribution in [1.82, 2.24) is 19.5 Å². The lowest BCUT2D eigenvalue weighted by atomic mass is 10.3. The van der Waals surface area contributed by atoms with Gasteiger partial charge in [0.25, 0.3) is 0 Å². The van der Waals surface area contributed by atoms with E-state index in [1.54, 1.807) is 23.1 Å². The monoisotopic (exact) mass is 295 g/mol. The molecule has 0 saturated heterocycles. The van der Waals surface area contributed by atoms with Crippen LogP contribution in [0.3, 0.4) is 0 Å². The first-order chi connectivity index (χ1) is 9.55. The number of sulfonamides is 1. The molecule has 7 nitrogen and oxygen atoms in total. The van der Waals surface area contributed by atoms with Crippen molar-refractivity contribution in [2.24, 2.45) is 0 Å². The van der Waals surface area contributed by atoms with E-state index < -0.39 is 10.0 Å². The number of hydrogen-bond donors (Lipinski definition) is 2. The Labute approximate surface area is 117 Å². The Kier molecular flexibility index (Phi) is 4.70. The van der Waals surface area contributed by atoms with E-state index in [-0.39, 0.29) is 12.3 Å². The molecule has 3 N–H and O–H groups in total. The van der Waals surface area contributed by atoms with E-state index in [1.807, 2.05) is 12.1 Å². The fourth-order valence-electron chi connectivity index (χ4n) is 1.67. The highest BCUT2D eigenvalue weighted by molar-refractivity contribution is 7.89. The molecule has 0 radical (unpaired) electrons. The van der Waals surface area contributed by atoms with Crippen LogP contribution in [0.2, 0.25) is 0 Å². The Morgan fingerprint density at radius 2 is 2.20 bits per heavy atom. The van der Waals surface area contributed by atoms with Gasteiger partial charge in [-0.2, -0.15) is 5.10 Å². The number of aromatic nitrogens is 3. The van der Waals surface area contributed by atoms with E-state index in [4.69, 9.17) is 5.73 Å². The van der Waals surface area contributed by atoms with Gasteiger partial charge in [0.05, 0.1) is 24.2 Å². The standard InChI is InChI=1S/C12H17N5O2S/c13-11-9-15-17(10-11)7-6-16-20(18,19)8-4-12-3-1-2-5-14-12/h1-3,5,9-10,16H,4,6-8,13H2. The summed E-state index contributed by atoms with van der Waals surface area (Å²) in [5.41, 5.74) is 6.84. The molecule has 0 unspecified atom stereocenters. The Hall–Kier alpha value is -1.93. The highest BCUT2D eigenvalue weighted by Crippen LogP contribution is 1.99. The third-order valence-electron chi connectivity index (χ3n) is 2.67. The van der Waals surface area contributed by atoms with Crippen LogP contribution in [0.25, 0.3) is 0 Å². The first kappa shape index (κ1) is 14.5. The molecule has 0 amide bonds. The second-order valence-corrected chi connectivity index (χ2v) is 6.25. The van der Waals surface area contributed by atoms with Crippen LogP contribution in [0.15, 0.2) is 36.8 Å². The van der Waals surface area contributed by atoms with Crippen molar-refractivity contribution in [3.05, 3.63) is 42.5 Å². The molecule has 0 atom stereocenters. The van der Waals surface area contributed by atoms with Gasteiger partial charge in [0.15, 0.2) is 0 Å². The minimum atomic E-state index is -3.31. The lowest BCUT2D eigenvalue weighted by Crippen LogP contribution is -2.30. The van der Waals surface area contributed by atoms with Crippen molar-refractivity contribution in [2.75, 3.05) is 18.0 Å². The first-order valence-corrected chi connectivity index (χ1v) is 7.85. The minimum Gasteiger partial charge on any atom is -0.396 e. The lowest BCUT2D eigenvalue weighted by molar-refractivity contribution is 0.560. The maximum absolute atomic E-state index is 11.8. The molecule has 0 fully saturated rings. The number of aryl methyl sites for hydroxylation is 1. The third kappa shape index (κ3) is 4.63. The molecule has 0 saturated carbocycles. The summed E-state index contributed by atoms with van der Waals surface area (Å²) in [6, 6.07) is 5.44. The Morgan fingerprint density at radius 1 is 1.35 bits per heavy atom. The summed E-state index contributed by atoms with van der Waals surface area (Å²) in [6.45, 7) is 0.728. The summed E-state index contributed by atoms with van der Waals surface area (Å²) in [5, 5.41) is 3.98. The highest BCUT2D eigenvalue weighted by Gasteiger charge is 2.10. The molecule has 108 valence electrons. The van der Waals surface area contributed by atoms with Crippen molar-refractivity contribution in [2.45, 2.75) is 13.0 Å². The van der Waals surface area contributed by atoms with Gasteiger partial charge in [-0.25, -0.2) is 13.1 Å². The van der Waals surface area contributed by atoms with Crippen LogP contribution in [0.4, 0.5) is 5.69 Å². The molecule has 8 heteroatoms. The number of anilines is 1. The van der Waals surface area contributed by atoms with Gasteiger partial charge in [-0.15, -0.1) is 0 Å². The number of nitrogens with two attached hydrogens (primary N) is 1. The van der Waals surface area contributed by atoms with Crippen molar-refractivity contribution < 1.29 is 8.42 Å². The molecular weight excluding hydrogens is 278 g/mol. The van der Waals surface area contributed by atoms with E-state index in [0.717, 1.165) is 5.69 Å². The molecule has 2 aromatic rings. The molecule has 0 spiro atoms. The largest absolute Gasteiger partial charge is 0.396 e. The topological polar surface area (TPSA) is 103 Å². The Balaban J connectivity index is 1.76. The number of hydrogen-bond acceptors (Lipinski definition) is 5. The molecule has 0 aliphatic carbocycles. The zero-order chi connectivity index (χ0) is 14.4. The zero-order valence-corrected chi connectivity index (χ0v) is 11.8. The van der Waals surface area contributed by atoms with Gasteiger partial charge in [0.2, 0.25) is 10.0 Å². The number of pyridine rings is 1. The highest BCUT2D eigenvalue weighted by atomic mass is 32.2. The lowest BCUT2D eigenvalue weighted by Gasteiger charge is -2.06. The third-order valence-corrected chi connectivity index (χ3v) is 4.05. The second-order valence-electron chi connectivity index (χ2n) is 4.32. The summed E-state index contributed by atoms with van der Waals surface area (Å²) in [6.07, 6.45) is 5.22. The number of nitrogen functional groups attached to an aromatic ring is 1. The fourth-order valence-corrected chi connectivity index (χ4v) is 2.70. The number of nitrogens with one attached hydrogen (secondary N) is 1. The molecule has 2 rings (SSSR count). The fraction of sp³-hybridized carbons (Fsp3) is 0.333. The van der Waals surface area contributed by atoms with E-state index in [9.17, 15) is 8.42 Å². The predicted octanol–water partition coefficient (Wildman–Crippen LogP) is 0.0224. The summed E-state index contributed by atoms with van der Waals surface area (Å²) in [7, 11) is -3.31. The quantitative estimate of drug-likeness (QED) is 0.749. The van der Waals surface area contributed by atoms with E-state index >= 15 is 0 Å². The van der Waals surface area contributed by atoms with Gasteiger partial charge in [0.1, 0.15) is 0 Å². The van der Waals surface area contributed by atoms with Crippen LogP contribution >= 0.6 is 0 Å². The molecule has 0 aliphatic rings. The summed E-state index contributed by atoms with van der Waals surface area (Å²) in [4.78, 5) is 4.09. The molecule has 0 aromatic carbocycles. The molecule has 20 heavy (non-hydrogen) atoms. The maximum atomic E-state index is 11.8. The number of rotatable bonds is 7. The maximum Gasteiger partial charge on any atom is 0.212 e. The van der Waals surface area contributed by atoms with Crippen LogP contribution < -0.4 is 10.5 Å². The van der Waals surface area contributed by atoms with Gasteiger partial charge in [-0.05, 0) is 12.1 Å². The molecule has 2 aromatic heterocycles.